The summed E-state index contributed by atoms with van der Waals surface area (Å²) in [7, 11) is 1.75. The van der Waals surface area contributed by atoms with Gasteiger partial charge in [0, 0.05) is 30.4 Å². The highest BCUT2D eigenvalue weighted by atomic mass is 35.5. The summed E-state index contributed by atoms with van der Waals surface area (Å²) in [6.45, 7) is 1.84. The molecular formula is C24H19Cl2N5O2. The number of halogens is 2. The van der Waals surface area contributed by atoms with Crippen molar-refractivity contribution in [2.45, 2.75) is 6.92 Å². The Labute approximate surface area is 200 Å². The number of aromatic nitrogens is 3. The van der Waals surface area contributed by atoms with Gasteiger partial charge in [0.05, 0.1) is 32.7 Å². The summed E-state index contributed by atoms with van der Waals surface area (Å²) in [5, 5.41) is 4.98. The van der Waals surface area contributed by atoms with Crippen LogP contribution < -0.4 is 10.6 Å². The minimum atomic E-state index is -0.671. The number of anilines is 2. The number of nitrogens with two attached hydrogens (primary N) is 1. The zero-order valence-electron chi connectivity index (χ0n) is 17.8. The lowest BCUT2D eigenvalue weighted by Gasteiger charge is -2.24. The first-order chi connectivity index (χ1) is 15.8. The molecule has 0 aliphatic heterocycles. The highest BCUT2D eigenvalue weighted by Crippen LogP contribution is 2.35. The molecule has 9 heteroatoms. The third kappa shape index (κ3) is 4.46. The van der Waals surface area contributed by atoms with E-state index in [1.807, 2.05) is 25.1 Å². The standard InChI is InChI=1S/C24H19Cl2N5O2/c1-14-11-22(30(2)29-14)31(24(33)15-6-8-17(23(27)32)20(26)12-15)16-7-9-19(25)18(13-16)21-5-3-4-10-28-21/h3-13H,1-2H3,(H2,27,32). The first kappa shape index (κ1) is 22.5. The number of benzene rings is 2. The molecule has 166 valence electrons. The minimum absolute atomic E-state index is 0.0970. The topological polar surface area (TPSA) is 94.1 Å². The molecule has 2 N–H and O–H groups in total. The predicted molar refractivity (Wildman–Crippen MR) is 129 cm³/mol. The Hall–Kier alpha value is -3.68. The fourth-order valence-electron chi connectivity index (χ4n) is 3.51. The number of hydrogen-bond acceptors (Lipinski definition) is 4. The van der Waals surface area contributed by atoms with Crippen molar-refractivity contribution in [1.82, 2.24) is 14.8 Å². The molecule has 4 aromatic rings. The van der Waals surface area contributed by atoms with Crippen molar-refractivity contribution in [1.29, 1.82) is 0 Å². The minimum Gasteiger partial charge on any atom is -0.366 e. The molecule has 0 radical (unpaired) electrons. The zero-order chi connectivity index (χ0) is 23.7. The van der Waals surface area contributed by atoms with Crippen LogP contribution in [0.3, 0.4) is 0 Å². The fraction of sp³-hybridized carbons (Fsp3) is 0.0833. The summed E-state index contributed by atoms with van der Waals surface area (Å²) in [6.07, 6.45) is 1.67. The molecule has 33 heavy (non-hydrogen) atoms. The largest absolute Gasteiger partial charge is 0.366 e. The van der Waals surface area contributed by atoms with Gasteiger partial charge in [0.2, 0.25) is 5.91 Å². The van der Waals surface area contributed by atoms with E-state index < -0.39 is 5.91 Å². The van der Waals surface area contributed by atoms with Gasteiger partial charge >= 0.3 is 0 Å². The average molecular weight is 480 g/mol. The number of hydrogen-bond donors (Lipinski definition) is 1. The molecular weight excluding hydrogens is 461 g/mol. The number of rotatable bonds is 5. The lowest BCUT2D eigenvalue weighted by molar-refractivity contribution is 0.0987. The Balaban J connectivity index is 1.87. The Morgan fingerprint density at radius 2 is 1.79 bits per heavy atom. The van der Waals surface area contributed by atoms with Gasteiger partial charge in [-0.1, -0.05) is 29.3 Å². The first-order valence-electron chi connectivity index (χ1n) is 9.91. The number of nitrogens with zero attached hydrogens (tertiary/aromatic N) is 4. The molecule has 2 aromatic heterocycles. The fourth-order valence-corrected chi connectivity index (χ4v) is 4.00. The van der Waals surface area contributed by atoms with Crippen molar-refractivity contribution in [3.63, 3.8) is 0 Å². The van der Waals surface area contributed by atoms with Crippen molar-refractivity contribution in [3.8, 4) is 11.3 Å². The maximum absolute atomic E-state index is 13.7. The monoisotopic (exact) mass is 479 g/mol. The van der Waals surface area contributed by atoms with Crippen LogP contribution in [0.15, 0.2) is 66.9 Å². The highest BCUT2D eigenvalue weighted by Gasteiger charge is 2.25. The molecule has 2 heterocycles. The van der Waals surface area contributed by atoms with E-state index in [0.717, 1.165) is 5.69 Å². The number of carbonyl (C=O) groups excluding carboxylic acids is 2. The average Bonchev–Trinajstić information content (AvgIpc) is 3.12. The van der Waals surface area contributed by atoms with E-state index >= 15 is 0 Å². The van der Waals surface area contributed by atoms with Crippen molar-refractivity contribution < 1.29 is 9.59 Å². The van der Waals surface area contributed by atoms with Crippen LogP contribution in [0.4, 0.5) is 11.5 Å². The maximum Gasteiger partial charge on any atom is 0.264 e. The Bertz CT molecular complexity index is 1370. The van der Waals surface area contributed by atoms with Gasteiger partial charge in [0.1, 0.15) is 5.82 Å². The first-order valence-corrected chi connectivity index (χ1v) is 10.7. The summed E-state index contributed by atoms with van der Waals surface area (Å²) in [5.41, 5.74) is 8.41. The normalized spacial score (nSPS) is 10.8. The molecule has 0 aliphatic carbocycles. The van der Waals surface area contributed by atoms with Gasteiger partial charge in [-0.05, 0) is 55.5 Å². The molecule has 2 aromatic carbocycles. The third-order valence-electron chi connectivity index (χ3n) is 5.04. The van der Waals surface area contributed by atoms with E-state index in [2.05, 4.69) is 10.1 Å². The lowest BCUT2D eigenvalue weighted by Crippen LogP contribution is -2.28. The quantitative estimate of drug-likeness (QED) is 0.426. The summed E-state index contributed by atoms with van der Waals surface area (Å²) in [6, 6.07) is 16.9. The molecule has 7 nitrogen and oxygen atoms in total. The second-order valence-electron chi connectivity index (χ2n) is 7.35. The molecule has 0 bridgehead atoms. The van der Waals surface area contributed by atoms with Crippen LogP contribution in [0.25, 0.3) is 11.3 Å². The molecule has 0 aliphatic rings. The van der Waals surface area contributed by atoms with Gasteiger partial charge in [0.25, 0.3) is 5.91 Å². The molecule has 4 rings (SSSR count). The number of carbonyl (C=O) groups is 2. The summed E-state index contributed by atoms with van der Waals surface area (Å²) >= 11 is 12.7. The summed E-state index contributed by atoms with van der Waals surface area (Å²) in [5.74, 6) is -0.497. The van der Waals surface area contributed by atoms with Gasteiger partial charge in [-0.15, -0.1) is 0 Å². The van der Waals surface area contributed by atoms with Gasteiger partial charge in [0.15, 0.2) is 0 Å². The van der Waals surface area contributed by atoms with Crippen LogP contribution in [-0.4, -0.2) is 26.6 Å². The number of primary amides is 1. The Morgan fingerprint density at radius 1 is 1.00 bits per heavy atom. The van der Waals surface area contributed by atoms with Crippen LogP contribution in [0.2, 0.25) is 10.0 Å². The lowest BCUT2D eigenvalue weighted by atomic mass is 10.1. The zero-order valence-corrected chi connectivity index (χ0v) is 19.3. The van der Waals surface area contributed by atoms with Gasteiger partial charge in [-0.25, -0.2) is 0 Å². The Kier molecular flexibility index (Phi) is 6.18. The van der Waals surface area contributed by atoms with Gasteiger partial charge < -0.3 is 5.73 Å². The predicted octanol–water partition coefficient (Wildman–Crippen LogP) is 5.17. The molecule has 0 unspecified atom stereocenters. The van der Waals surface area contributed by atoms with Crippen molar-refractivity contribution >= 4 is 46.5 Å². The summed E-state index contributed by atoms with van der Waals surface area (Å²) in [4.78, 5) is 31.2. The summed E-state index contributed by atoms with van der Waals surface area (Å²) < 4.78 is 1.61. The Morgan fingerprint density at radius 3 is 2.39 bits per heavy atom. The second kappa shape index (κ2) is 9.05. The van der Waals surface area contributed by atoms with Crippen LogP contribution in [-0.2, 0) is 7.05 Å². The highest BCUT2D eigenvalue weighted by molar-refractivity contribution is 6.34. The molecule has 0 saturated heterocycles. The number of pyridine rings is 1. The molecule has 0 atom stereocenters. The van der Waals surface area contributed by atoms with E-state index in [1.54, 1.807) is 42.2 Å². The van der Waals surface area contributed by atoms with Crippen molar-refractivity contribution in [2.75, 3.05) is 4.90 Å². The van der Waals surface area contributed by atoms with E-state index in [9.17, 15) is 9.59 Å². The van der Waals surface area contributed by atoms with E-state index in [1.165, 1.54) is 23.1 Å². The third-order valence-corrected chi connectivity index (χ3v) is 5.68. The molecule has 0 fully saturated rings. The SMILES string of the molecule is Cc1cc(N(C(=O)c2ccc(C(N)=O)c(Cl)c2)c2ccc(Cl)c(-c3ccccn3)c2)n(C)n1. The van der Waals surface area contributed by atoms with E-state index in [4.69, 9.17) is 28.9 Å². The van der Waals surface area contributed by atoms with Crippen molar-refractivity contribution in [2.24, 2.45) is 12.8 Å². The van der Waals surface area contributed by atoms with Crippen LogP contribution >= 0.6 is 23.2 Å². The molecule has 2 amide bonds. The van der Waals surface area contributed by atoms with E-state index in [-0.39, 0.29) is 22.1 Å². The van der Waals surface area contributed by atoms with Crippen LogP contribution in [0.5, 0.6) is 0 Å². The molecule has 0 spiro atoms. The van der Waals surface area contributed by atoms with Gasteiger partial charge in [-0.2, -0.15) is 5.10 Å². The number of aryl methyl sites for hydroxylation is 2. The van der Waals surface area contributed by atoms with Crippen LogP contribution in [0.1, 0.15) is 26.4 Å². The van der Waals surface area contributed by atoms with Crippen molar-refractivity contribution in [3.05, 3.63) is 93.7 Å². The second-order valence-corrected chi connectivity index (χ2v) is 8.16. The number of amides is 2. The smallest absolute Gasteiger partial charge is 0.264 e. The molecule has 0 saturated carbocycles. The maximum atomic E-state index is 13.7. The van der Waals surface area contributed by atoms with E-state index in [0.29, 0.717) is 27.8 Å². The van der Waals surface area contributed by atoms with Crippen LogP contribution in [0, 0.1) is 6.92 Å². The van der Waals surface area contributed by atoms with Gasteiger partial charge in [-0.3, -0.25) is 24.2 Å².